The van der Waals surface area contributed by atoms with Gasteiger partial charge in [-0.15, -0.1) is 0 Å². The molecule has 0 spiro atoms. The Balaban J connectivity index is -0.000000000500. The van der Waals surface area contributed by atoms with Crippen LogP contribution in [0.3, 0.4) is 0 Å². The molecule has 0 heterocycles. The summed E-state index contributed by atoms with van der Waals surface area (Å²) < 4.78 is 0. The molecule has 0 aliphatic heterocycles. The van der Waals surface area contributed by atoms with Gasteiger partial charge in [0.1, 0.15) is 6.79 Å². The normalized spacial score (nSPS) is 0.667. The van der Waals surface area contributed by atoms with Crippen molar-refractivity contribution < 1.29 is 52.2 Å². The molecule has 0 aliphatic carbocycles. The molecule has 6 heavy (non-hydrogen) atoms. The van der Waals surface area contributed by atoms with Crippen molar-refractivity contribution in [1.29, 1.82) is 0 Å². The van der Waals surface area contributed by atoms with Gasteiger partial charge in [0.15, 0.2) is 0 Å². The standard InChI is InChI=1S/CH2O.Na.3H2O.H/c1-2;;;;;/h1H2;;3*1H2;/q;+1;;;;-1. The van der Waals surface area contributed by atoms with Gasteiger partial charge in [0, 0.05) is 0 Å². The zero-order valence-corrected chi connectivity index (χ0v) is 5.62. The Kier molecular flexibility index (Phi) is 5320. The molecule has 0 saturated carbocycles. The van der Waals surface area contributed by atoms with Crippen molar-refractivity contribution in [3.05, 3.63) is 0 Å². The van der Waals surface area contributed by atoms with Crippen molar-refractivity contribution in [2.24, 2.45) is 0 Å². The van der Waals surface area contributed by atoms with Crippen molar-refractivity contribution in [3.8, 4) is 0 Å². The Labute approximate surface area is 59.2 Å². The molecule has 0 amide bonds. The van der Waals surface area contributed by atoms with E-state index in [9.17, 15) is 0 Å². The largest absolute Gasteiger partial charge is 1.00 e. The van der Waals surface area contributed by atoms with Gasteiger partial charge in [-0.2, -0.15) is 0 Å². The minimum Gasteiger partial charge on any atom is -1.00 e. The van der Waals surface area contributed by atoms with Crippen LogP contribution in [0.25, 0.3) is 0 Å². The van der Waals surface area contributed by atoms with Crippen molar-refractivity contribution in [2.45, 2.75) is 0 Å². The maximum atomic E-state index is 8.00. The Morgan fingerprint density at radius 3 is 1.00 bits per heavy atom. The monoisotopic (exact) mass is 108 g/mol. The van der Waals surface area contributed by atoms with Gasteiger partial charge >= 0.3 is 29.6 Å². The topological polar surface area (TPSA) is 112 Å². The number of hydrogen-bond acceptors (Lipinski definition) is 1. The van der Waals surface area contributed by atoms with E-state index in [1.54, 1.807) is 0 Å². The Bertz CT molecular complexity index is 11.7. The van der Waals surface area contributed by atoms with Crippen LogP contribution in [0, 0.1) is 0 Å². The zero-order valence-electron chi connectivity index (χ0n) is 4.62. The maximum absolute atomic E-state index is 8.00. The summed E-state index contributed by atoms with van der Waals surface area (Å²) >= 11 is 0. The third-order valence-corrected chi connectivity index (χ3v) is 0. The fraction of sp³-hybridized carbons (Fsp3) is 0. The Morgan fingerprint density at radius 2 is 1.00 bits per heavy atom. The van der Waals surface area contributed by atoms with Gasteiger partial charge in [-0.3, -0.25) is 0 Å². The molecule has 0 atom stereocenters. The van der Waals surface area contributed by atoms with Crippen LogP contribution in [0.5, 0.6) is 0 Å². The molecule has 6 N–H and O–H groups in total. The van der Waals surface area contributed by atoms with Gasteiger partial charge in [-0.25, -0.2) is 0 Å². The fourth-order valence-electron chi connectivity index (χ4n) is 0. The third kappa shape index (κ3) is 190. The molecule has 0 radical (unpaired) electrons. The van der Waals surface area contributed by atoms with Gasteiger partial charge in [-0.1, -0.05) is 0 Å². The maximum Gasteiger partial charge on any atom is 1.00 e. The van der Waals surface area contributed by atoms with Gasteiger partial charge in [-0.05, 0) is 0 Å². The van der Waals surface area contributed by atoms with Crippen molar-refractivity contribution in [3.63, 3.8) is 0 Å². The molecule has 0 aromatic carbocycles. The second-order valence-electron chi connectivity index (χ2n) is 0. The number of carbonyl (C=O) groups is 1. The predicted molar refractivity (Wildman–Crippen MR) is 19.1 cm³/mol. The van der Waals surface area contributed by atoms with Crippen LogP contribution in [-0.2, 0) is 4.79 Å². The van der Waals surface area contributed by atoms with E-state index in [1.165, 1.54) is 0 Å². The van der Waals surface area contributed by atoms with Gasteiger partial charge in [0.05, 0.1) is 0 Å². The summed E-state index contributed by atoms with van der Waals surface area (Å²) in [6.45, 7) is 2.00. The minimum atomic E-state index is 0. The van der Waals surface area contributed by atoms with E-state index in [4.69, 9.17) is 4.79 Å². The first kappa shape index (κ1) is 84.0. The van der Waals surface area contributed by atoms with Crippen LogP contribution >= 0.6 is 0 Å². The summed E-state index contributed by atoms with van der Waals surface area (Å²) in [7, 11) is 0. The van der Waals surface area contributed by atoms with Gasteiger partial charge in [0.2, 0.25) is 0 Å². The van der Waals surface area contributed by atoms with Crippen LogP contribution in [0.2, 0.25) is 0 Å². The fourth-order valence-corrected chi connectivity index (χ4v) is 0. The summed E-state index contributed by atoms with van der Waals surface area (Å²) in [5.74, 6) is 0. The van der Waals surface area contributed by atoms with Crippen LogP contribution in [0.15, 0.2) is 0 Å². The number of hydrogen-bond donors (Lipinski definition) is 0. The Morgan fingerprint density at radius 1 is 1.00 bits per heavy atom. The minimum absolute atomic E-state index is 0. The molecule has 0 aromatic heterocycles. The molecule has 0 unspecified atom stereocenters. The zero-order chi connectivity index (χ0) is 2.00. The first-order valence-corrected chi connectivity index (χ1v) is 0.289. The van der Waals surface area contributed by atoms with E-state index >= 15 is 0 Å². The summed E-state index contributed by atoms with van der Waals surface area (Å²) in [5.41, 5.74) is 0. The molecule has 0 saturated heterocycles. The summed E-state index contributed by atoms with van der Waals surface area (Å²) in [6.07, 6.45) is 0. The average molecular weight is 108 g/mol. The van der Waals surface area contributed by atoms with E-state index in [0.717, 1.165) is 0 Å². The molecule has 4 nitrogen and oxygen atoms in total. The molecule has 0 bridgehead atoms. The SMILES string of the molecule is C=O.O.O.O.[H-].[Na+]. The first-order valence-electron chi connectivity index (χ1n) is 0.289. The summed E-state index contributed by atoms with van der Waals surface area (Å²) in [6, 6.07) is 0. The molecule has 38 valence electrons. The van der Waals surface area contributed by atoms with Crippen molar-refractivity contribution in [2.75, 3.05) is 0 Å². The third-order valence-electron chi connectivity index (χ3n) is 0. The molecular weight excluding hydrogens is 99.0 g/mol. The predicted octanol–water partition coefficient (Wildman–Crippen LogP) is -5.54. The second kappa shape index (κ2) is 380. The van der Waals surface area contributed by atoms with Crippen LogP contribution < -0.4 is 29.6 Å². The molecule has 0 aliphatic rings. The van der Waals surface area contributed by atoms with Crippen LogP contribution in [-0.4, -0.2) is 23.2 Å². The first-order chi connectivity index (χ1) is 1.00. The van der Waals surface area contributed by atoms with Gasteiger partial charge in [0.25, 0.3) is 0 Å². The smallest absolute Gasteiger partial charge is 1.00 e. The number of rotatable bonds is 0. The molecule has 5 heteroatoms. The van der Waals surface area contributed by atoms with E-state index < -0.39 is 0 Å². The quantitative estimate of drug-likeness (QED) is 0.283. The van der Waals surface area contributed by atoms with E-state index in [1.807, 2.05) is 6.79 Å². The summed E-state index contributed by atoms with van der Waals surface area (Å²) in [5, 5.41) is 0. The molecule has 0 aromatic rings. The van der Waals surface area contributed by atoms with E-state index in [2.05, 4.69) is 0 Å². The van der Waals surface area contributed by atoms with E-state index in [-0.39, 0.29) is 47.4 Å². The number of carbonyl (C=O) groups excluding carboxylic acids is 1. The second-order valence-corrected chi connectivity index (χ2v) is 0. The van der Waals surface area contributed by atoms with Crippen molar-refractivity contribution >= 4 is 6.79 Å². The Hall–Kier alpha value is 0.550. The summed E-state index contributed by atoms with van der Waals surface area (Å²) in [4.78, 5) is 8.00. The van der Waals surface area contributed by atoms with Crippen LogP contribution in [0.1, 0.15) is 1.43 Å². The molecule has 0 fully saturated rings. The van der Waals surface area contributed by atoms with Crippen molar-refractivity contribution in [1.82, 2.24) is 0 Å². The van der Waals surface area contributed by atoms with E-state index in [0.29, 0.717) is 0 Å². The molecular formula is CH9NaO4. The van der Waals surface area contributed by atoms with Gasteiger partial charge < -0.3 is 22.6 Å². The molecule has 0 rings (SSSR count). The van der Waals surface area contributed by atoms with Crippen LogP contribution in [0.4, 0.5) is 0 Å². The average Bonchev–Trinajstić information content (AvgIpc) is 1.00.